The molecule has 2 rings (SSSR count). The smallest absolute Gasteiger partial charge is 0.117 e. The Balaban J connectivity index is 1.80. The van der Waals surface area contributed by atoms with E-state index in [1.165, 1.54) is 25.7 Å². The van der Waals surface area contributed by atoms with Gasteiger partial charge in [0.15, 0.2) is 0 Å². The van der Waals surface area contributed by atoms with Crippen molar-refractivity contribution >= 4 is 0 Å². The summed E-state index contributed by atoms with van der Waals surface area (Å²) in [6.07, 6.45) is 7.05. The summed E-state index contributed by atoms with van der Waals surface area (Å²) < 4.78 is 5.31. The minimum absolute atomic E-state index is 0.513. The van der Waals surface area contributed by atoms with Crippen molar-refractivity contribution in [3.05, 3.63) is 24.2 Å². The maximum atomic E-state index is 5.31. The van der Waals surface area contributed by atoms with Crippen molar-refractivity contribution < 1.29 is 4.42 Å². The number of furan rings is 1. The summed E-state index contributed by atoms with van der Waals surface area (Å²) >= 11 is 0. The second-order valence-electron chi connectivity index (χ2n) is 5.42. The molecule has 2 heteroatoms. The largest absolute Gasteiger partial charge is 0.468 e. The Morgan fingerprint density at radius 1 is 1.53 bits per heavy atom. The number of nitrogens with one attached hydrogen (secondary N) is 1. The second-order valence-corrected chi connectivity index (χ2v) is 5.42. The van der Waals surface area contributed by atoms with Crippen molar-refractivity contribution in [2.75, 3.05) is 0 Å². The van der Waals surface area contributed by atoms with E-state index >= 15 is 0 Å². The zero-order valence-corrected chi connectivity index (χ0v) is 9.75. The molecule has 1 fully saturated rings. The van der Waals surface area contributed by atoms with E-state index in [2.05, 4.69) is 19.2 Å². The van der Waals surface area contributed by atoms with Crippen molar-refractivity contribution in [3.8, 4) is 0 Å². The van der Waals surface area contributed by atoms with Crippen LogP contribution in [0.25, 0.3) is 0 Å². The van der Waals surface area contributed by atoms with E-state index < -0.39 is 0 Å². The fourth-order valence-electron chi connectivity index (χ4n) is 2.53. The average molecular weight is 207 g/mol. The quantitative estimate of drug-likeness (QED) is 0.822. The van der Waals surface area contributed by atoms with Gasteiger partial charge in [0.25, 0.3) is 0 Å². The highest BCUT2D eigenvalue weighted by Gasteiger charge is 2.27. The fraction of sp³-hybridized carbons (Fsp3) is 0.692. The van der Waals surface area contributed by atoms with E-state index in [4.69, 9.17) is 4.42 Å². The standard InChI is InChI=1S/C13H21NO/c1-13(2)7-3-5-11(9-13)14-10-12-6-4-8-15-12/h4,6,8,11,14H,3,5,7,9-10H2,1-2H3. The first-order valence-electron chi connectivity index (χ1n) is 5.91. The van der Waals surface area contributed by atoms with E-state index in [-0.39, 0.29) is 0 Å². The molecule has 0 saturated heterocycles. The van der Waals surface area contributed by atoms with Gasteiger partial charge < -0.3 is 9.73 Å². The number of hydrogen-bond acceptors (Lipinski definition) is 2. The van der Waals surface area contributed by atoms with Crippen molar-refractivity contribution in [3.63, 3.8) is 0 Å². The summed E-state index contributed by atoms with van der Waals surface area (Å²) in [7, 11) is 0. The van der Waals surface area contributed by atoms with Gasteiger partial charge in [0, 0.05) is 6.04 Å². The van der Waals surface area contributed by atoms with Gasteiger partial charge in [-0.1, -0.05) is 20.3 Å². The molecule has 1 saturated carbocycles. The van der Waals surface area contributed by atoms with Crippen molar-refractivity contribution in [2.45, 2.75) is 52.1 Å². The maximum absolute atomic E-state index is 5.31. The molecule has 0 aromatic carbocycles. The van der Waals surface area contributed by atoms with Crippen LogP contribution < -0.4 is 5.32 Å². The lowest BCUT2D eigenvalue weighted by atomic mass is 9.75. The van der Waals surface area contributed by atoms with E-state index in [1.54, 1.807) is 6.26 Å². The summed E-state index contributed by atoms with van der Waals surface area (Å²) in [6.45, 7) is 5.61. The highest BCUT2D eigenvalue weighted by atomic mass is 16.3. The van der Waals surface area contributed by atoms with Gasteiger partial charge in [-0.05, 0) is 36.8 Å². The third-order valence-electron chi connectivity index (χ3n) is 3.35. The Bertz CT molecular complexity index is 289. The van der Waals surface area contributed by atoms with Crippen LogP contribution in [0.5, 0.6) is 0 Å². The fourth-order valence-corrected chi connectivity index (χ4v) is 2.53. The van der Waals surface area contributed by atoms with Crippen LogP contribution in [0.3, 0.4) is 0 Å². The van der Waals surface area contributed by atoms with Gasteiger partial charge in [-0.2, -0.15) is 0 Å². The van der Waals surface area contributed by atoms with E-state index in [0.29, 0.717) is 11.5 Å². The Labute approximate surface area is 92.1 Å². The molecule has 15 heavy (non-hydrogen) atoms. The molecule has 2 nitrogen and oxygen atoms in total. The molecule has 0 aliphatic heterocycles. The lowest BCUT2D eigenvalue weighted by Crippen LogP contribution is -2.36. The van der Waals surface area contributed by atoms with Gasteiger partial charge in [-0.15, -0.1) is 0 Å². The minimum atomic E-state index is 0.513. The van der Waals surface area contributed by atoms with E-state index in [1.807, 2.05) is 12.1 Å². The van der Waals surface area contributed by atoms with Crippen LogP contribution in [0.4, 0.5) is 0 Å². The van der Waals surface area contributed by atoms with Gasteiger partial charge in [0.1, 0.15) is 5.76 Å². The predicted molar refractivity (Wildman–Crippen MR) is 61.6 cm³/mol. The van der Waals surface area contributed by atoms with Crippen LogP contribution in [-0.4, -0.2) is 6.04 Å². The highest BCUT2D eigenvalue weighted by molar-refractivity contribution is 4.98. The summed E-state index contributed by atoms with van der Waals surface area (Å²) in [5.41, 5.74) is 0.513. The average Bonchev–Trinajstić information content (AvgIpc) is 2.65. The van der Waals surface area contributed by atoms with Crippen LogP contribution >= 0.6 is 0 Å². The van der Waals surface area contributed by atoms with Gasteiger partial charge in [-0.3, -0.25) is 0 Å². The van der Waals surface area contributed by atoms with Crippen molar-refractivity contribution in [1.82, 2.24) is 5.32 Å². The monoisotopic (exact) mass is 207 g/mol. The molecule has 1 aromatic heterocycles. The predicted octanol–water partition coefficient (Wildman–Crippen LogP) is 3.34. The van der Waals surface area contributed by atoms with E-state index in [0.717, 1.165) is 12.3 Å². The van der Waals surface area contributed by atoms with E-state index in [9.17, 15) is 0 Å². The Hall–Kier alpha value is -0.760. The first-order valence-corrected chi connectivity index (χ1v) is 5.91. The normalized spacial score (nSPS) is 25.3. The van der Waals surface area contributed by atoms with Crippen LogP contribution in [0, 0.1) is 5.41 Å². The highest BCUT2D eigenvalue weighted by Crippen LogP contribution is 2.35. The Morgan fingerprint density at radius 2 is 2.40 bits per heavy atom. The molecule has 1 aliphatic rings. The molecule has 1 N–H and O–H groups in total. The van der Waals surface area contributed by atoms with Gasteiger partial charge in [0.05, 0.1) is 12.8 Å². The van der Waals surface area contributed by atoms with Crippen LogP contribution in [0.2, 0.25) is 0 Å². The SMILES string of the molecule is CC1(C)CCCC(NCc2ccco2)C1. The maximum Gasteiger partial charge on any atom is 0.117 e. The molecule has 1 heterocycles. The molecular weight excluding hydrogens is 186 g/mol. The molecule has 0 spiro atoms. The summed E-state index contributed by atoms with van der Waals surface area (Å²) in [5.74, 6) is 1.04. The molecule has 0 amide bonds. The van der Waals surface area contributed by atoms with Gasteiger partial charge in [0.2, 0.25) is 0 Å². The lowest BCUT2D eigenvalue weighted by Gasteiger charge is -2.35. The molecule has 0 bridgehead atoms. The molecule has 1 atom stereocenters. The third-order valence-corrected chi connectivity index (χ3v) is 3.35. The first-order chi connectivity index (χ1) is 7.16. The lowest BCUT2D eigenvalue weighted by molar-refractivity contribution is 0.195. The third kappa shape index (κ3) is 3.10. The molecule has 1 aliphatic carbocycles. The summed E-state index contributed by atoms with van der Waals surface area (Å²) in [4.78, 5) is 0. The zero-order valence-electron chi connectivity index (χ0n) is 9.75. The molecular formula is C13H21NO. The van der Waals surface area contributed by atoms with Crippen LogP contribution in [0.1, 0.15) is 45.3 Å². The second kappa shape index (κ2) is 4.40. The minimum Gasteiger partial charge on any atom is -0.468 e. The van der Waals surface area contributed by atoms with Crippen LogP contribution in [0.15, 0.2) is 22.8 Å². The zero-order chi connectivity index (χ0) is 10.7. The molecule has 1 aromatic rings. The molecule has 1 unspecified atom stereocenters. The number of hydrogen-bond donors (Lipinski definition) is 1. The van der Waals surface area contributed by atoms with Crippen molar-refractivity contribution in [1.29, 1.82) is 0 Å². The van der Waals surface area contributed by atoms with Gasteiger partial charge in [-0.25, -0.2) is 0 Å². The Morgan fingerprint density at radius 3 is 3.07 bits per heavy atom. The van der Waals surface area contributed by atoms with Crippen molar-refractivity contribution in [2.24, 2.45) is 5.41 Å². The number of rotatable bonds is 3. The first kappa shape index (κ1) is 10.7. The topological polar surface area (TPSA) is 25.2 Å². The summed E-state index contributed by atoms with van der Waals surface area (Å²) in [5, 5.41) is 3.59. The molecule has 84 valence electrons. The van der Waals surface area contributed by atoms with Gasteiger partial charge >= 0.3 is 0 Å². The van der Waals surface area contributed by atoms with Crippen LogP contribution in [-0.2, 0) is 6.54 Å². The Kier molecular flexibility index (Phi) is 3.15. The molecule has 0 radical (unpaired) electrons. The summed E-state index contributed by atoms with van der Waals surface area (Å²) in [6, 6.07) is 4.64.